The van der Waals surface area contributed by atoms with Crippen molar-refractivity contribution in [2.75, 3.05) is 0 Å². The van der Waals surface area contributed by atoms with Gasteiger partial charge >= 0.3 is 0 Å². The Bertz CT molecular complexity index is 637. The molecule has 1 heterocycles. The van der Waals surface area contributed by atoms with Crippen molar-refractivity contribution in [2.24, 2.45) is 5.84 Å². The van der Waals surface area contributed by atoms with Crippen molar-refractivity contribution in [3.63, 3.8) is 0 Å². The van der Waals surface area contributed by atoms with Crippen molar-refractivity contribution < 1.29 is 9.53 Å². The summed E-state index contributed by atoms with van der Waals surface area (Å²) < 4.78 is 5.74. The molecule has 0 saturated carbocycles. The van der Waals surface area contributed by atoms with Gasteiger partial charge in [-0.2, -0.15) is 0 Å². The lowest BCUT2D eigenvalue weighted by Crippen LogP contribution is -2.29. The molecule has 3 N–H and O–H groups in total. The van der Waals surface area contributed by atoms with E-state index < -0.39 is 0 Å². The quantitative estimate of drug-likeness (QED) is 0.514. The Hall–Kier alpha value is -1.92. The number of thiazole rings is 1. The van der Waals surface area contributed by atoms with Crippen LogP contribution in [0.2, 0.25) is 0 Å². The third kappa shape index (κ3) is 3.15. The molecule has 0 radical (unpaired) electrons. The smallest absolute Gasteiger partial charge is 0.277 e. The fraction of sp³-hybridized carbons (Fsp3) is 0.286. The molecule has 5 nitrogen and oxygen atoms in total. The number of nitrogens with one attached hydrogen (secondary N) is 1. The average molecular weight is 291 g/mol. The molecular formula is C14H17N3O2S. The number of carbonyl (C=O) groups excluding carboxylic acids is 1. The molecule has 0 bridgehead atoms. The van der Waals surface area contributed by atoms with Gasteiger partial charge in [0, 0.05) is 0 Å². The predicted octanol–water partition coefficient (Wildman–Crippen LogP) is 2.25. The van der Waals surface area contributed by atoms with E-state index in [9.17, 15) is 4.79 Å². The van der Waals surface area contributed by atoms with Crippen LogP contribution in [0, 0.1) is 20.8 Å². The maximum absolute atomic E-state index is 11.5. The van der Waals surface area contributed by atoms with Crippen molar-refractivity contribution in [2.45, 2.75) is 27.4 Å². The van der Waals surface area contributed by atoms with Crippen LogP contribution in [-0.2, 0) is 6.61 Å². The van der Waals surface area contributed by atoms with E-state index in [0.717, 1.165) is 16.3 Å². The first-order valence-electron chi connectivity index (χ1n) is 6.18. The van der Waals surface area contributed by atoms with Crippen molar-refractivity contribution in [1.82, 2.24) is 10.4 Å². The van der Waals surface area contributed by atoms with Crippen molar-refractivity contribution >= 4 is 17.2 Å². The fourth-order valence-electron chi connectivity index (χ4n) is 1.89. The van der Waals surface area contributed by atoms with E-state index >= 15 is 0 Å². The summed E-state index contributed by atoms with van der Waals surface area (Å²) in [4.78, 5) is 16.3. The largest absolute Gasteiger partial charge is 0.486 e. The number of nitrogens with two attached hydrogens (primary N) is 1. The summed E-state index contributed by atoms with van der Waals surface area (Å²) in [5.41, 5.74) is 5.06. The Morgan fingerprint density at radius 1 is 1.40 bits per heavy atom. The molecular weight excluding hydrogens is 274 g/mol. The van der Waals surface area contributed by atoms with Crippen LogP contribution in [0.4, 0.5) is 0 Å². The zero-order valence-corrected chi connectivity index (χ0v) is 12.5. The molecule has 2 rings (SSSR count). The Morgan fingerprint density at radius 3 is 2.80 bits per heavy atom. The molecule has 0 unspecified atom stereocenters. The Kier molecular flexibility index (Phi) is 4.36. The minimum atomic E-state index is -0.322. The number of ether oxygens (including phenoxy) is 1. The zero-order chi connectivity index (χ0) is 14.7. The highest BCUT2D eigenvalue weighted by Crippen LogP contribution is 2.23. The number of amides is 1. The monoisotopic (exact) mass is 291 g/mol. The van der Waals surface area contributed by atoms with Gasteiger partial charge in [-0.1, -0.05) is 17.7 Å². The second-order valence-corrected chi connectivity index (χ2v) is 5.64. The highest BCUT2D eigenvalue weighted by atomic mass is 32.1. The average Bonchev–Trinajstić information content (AvgIpc) is 2.78. The number of carbonyl (C=O) groups is 1. The van der Waals surface area contributed by atoms with Crippen LogP contribution in [0.5, 0.6) is 5.75 Å². The van der Waals surface area contributed by atoms with Crippen LogP contribution in [0.3, 0.4) is 0 Å². The van der Waals surface area contributed by atoms with E-state index in [1.54, 1.807) is 6.92 Å². The molecule has 6 heteroatoms. The number of nitrogen functional groups attached to an aromatic ring is 1. The standard InChI is InChI=1S/C14H17N3O2S/c1-8-4-5-11(9(2)6-8)19-7-12-16-10(3)13(20-12)14(18)17-15/h4-6H,7,15H2,1-3H3,(H,17,18). The zero-order valence-electron chi connectivity index (χ0n) is 11.7. The molecule has 0 spiro atoms. The first-order valence-corrected chi connectivity index (χ1v) is 7.00. The Labute approximate surface area is 121 Å². The molecule has 0 fully saturated rings. The summed E-state index contributed by atoms with van der Waals surface area (Å²) >= 11 is 1.29. The lowest BCUT2D eigenvalue weighted by Gasteiger charge is -2.07. The van der Waals surface area contributed by atoms with Gasteiger partial charge in [-0.05, 0) is 32.4 Å². The molecule has 0 saturated heterocycles. The number of hydrogen-bond acceptors (Lipinski definition) is 5. The third-order valence-corrected chi connectivity index (χ3v) is 3.99. The van der Waals surface area contributed by atoms with Crippen LogP contribution in [0.15, 0.2) is 18.2 Å². The number of rotatable bonds is 4. The summed E-state index contributed by atoms with van der Waals surface area (Å²) in [6.07, 6.45) is 0. The van der Waals surface area contributed by atoms with Gasteiger partial charge in [0.25, 0.3) is 5.91 Å². The fourth-order valence-corrected chi connectivity index (χ4v) is 2.77. The molecule has 0 aliphatic carbocycles. The van der Waals surface area contributed by atoms with Crippen molar-refractivity contribution in [1.29, 1.82) is 0 Å². The predicted molar refractivity (Wildman–Crippen MR) is 78.8 cm³/mol. The van der Waals surface area contributed by atoms with Crippen LogP contribution >= 0.6 is 11.3 Å². The number of aromatic nitrogens is 1. The summed E-state index contributed by atoms with van der Waals surface area (Å²) in [5, 5.41) is 0.751. The maximum Gasteiger partial charge on any atom is 0.277 e. The first-order chi connectivity index (χ1) is 9.51. The van der Waals surface area contributed by atoms with Gasteiger partial charge in [-0.25, -0.2) is 10.8 Å². The van der Waals surface area contributed by atoms with Crippen LogP contribution in [0.1, 0.15) is 31.5 Å². The van der Waals surface area contributed by atoms with Crippen LogP contribution < -0.4 is 16.0 Å². The van der Waals surface area contributed by atoms with Gasteiger partial charge in [0.05, 0.1) is 5.69 Å². The van der Waals surface area contributed by atoms with E-state index in [0.29, 0.717) is 17.2 Å². The molecule has 0 aliphatic rings. The minimum absolute atomic E-state index is 0.322. The first kappa shape index (κ1) is 14.5. The summed E-state index contributed by atoms with van der Waals surface area (Å²) in [6, 6.07) is 6.01. The Balaban J connectivity index is 2.09. The molecule has 1 amide bonds. The van der Waals surface area contributed by atoms with E-state index in [1.165, 1.54) is 16.9 Å². The number of hydrogen-bond donors (Lipinski definition) is 2. The molecule has 0 atom stereocenters. The molecule has 0 aliphatic heterocycles. The summed E-state index contributed by atoms with van der Waals surface area (Å²) in [6.45, 7) is 6.16. The highest BCUT2D eigenvalue weighted by Gasteiger charge is 2.14. The molecule has 1 aromatic heterocycles. The molecule has 20 heavy (non-hydrogen) atoms. The maximum atomic E-state index is 11.5. The van der Waals surface area contributed by atoms with Gasteiger partial charge in [-0.15, -0.1) is 11.3 Å². The van der Waals surface area contributed by atoms with Gasteiger partial charge < -0.3 is 4.74 Å². The number of hydrazine groups is 1. The Morgan fingerprint density at radius 2 is 2.15 bits per heavy atom. The van der Waals surface area contributed by atoms with E-state index in [4.69, 9.17) is 10.6 Å². The number of nitrogens with zero attached hydrogens (tertiary/aromatic N) is 1. The van der Waals surface area contributed by atoms with E-state index in [1.807, 2.05) is 26.0 Å². The van der Waals surface area contributed by atoms with Gasteiger partial charge in [0.2, 0.25) is 0 Å². The highest BCUT2D eigenvalue weighted by molar-refractivity contribution is 7.13. The van der Waals surface area contributed by atoms with Gasteiger partial charge in [0.15, 0.2) is 0 Å². The van der Waals surface area contributed by atoms with E-state index in [2.05, 4.69) is 16.5 Å². The minimum Gasteiger partial charge on any atom is -0.486 e. The summed E-state index contributed by atoms with van der Waals surface area (Å²) in [5.74, 6) is 5.63. The van der Waals surface area contributed by atoms with Crippen molar-refractivity contribution in [3.8, 4) is 5.75 Å². The molecule has 106 valence electrons. The summed E-state index contributed by atoms with van der Waals surface area (Å²) in [7, 11) is 0. The third-order valence-electron chi connectivity index (χ3n) is 2.86. The number of benzene rings is 1. The van der Waals surface area contributed by atoms with Gasteiger partial charge in [0.1, 0.15) is 22.2 Å². The number of aryl methyl sites for hydroxylation is 3. The molecule has 1 aromatic carbocycles. The normalized spacial score (nSPS) is 10.4. The SMILES string of the molecule is Cc1ccc(OCc2nc(C)c(C(=O)NN)s2)c(C)c1. The second kappa shape index (κ2) is 6.02. The lowest BCUT2D eigenvalue weighted by molar-refractivity contribution is 0.0957. The van der Waals surface area contributed by atoms with Crippen LogP contribution in [0.25, 0.3) is 0 Å². The lowest BCUT2D eigenvalue weighted by atomic mass is 10.1. The van der Waals surface area contributed by atoms with Crippen molar-refractivity contribution in [3.05, 3.63) is 44.9 Å². The van der Waals surface area contributed by atoms with E-state index in [-0.39, 0.29) is 5.91 Å². The molecule has 2 aromatic rings. The second-order valence-electron chi connectivity index (χ2n) is 4.55. The topological polar surface area (TPSA) is 77.2 Å². The van der Waals surface area contributed by atoms with Gasteiger partial charge in [-0.3, -0.25) is 10.2 Å². The van der Waals surface area contributed by atoms with Crippen LogP contribution in [-0.4, -0.2) is 10.9 Å².